The van der Waals surface area contributed by atoms with Crippen molar-refractivity contribution in [2.24, 2.45) is 0 Å². The fraction of sp³-hybridized carbons (Fsp3) is 0.143. The van der Waals surface area contributed by atoms with Crippen LogP contribution in [-0.4, -0.2) is 25.3 Å². The predicted molar refractivity (Wildman–Crippen MR) is 111 cm³/mol. The Hall–Kier alpha value is -3.40. The monoisotopic (exact) mass is 443 g/mol. The summed E-state index contributed by atoms with van der Waals surface area (Å²) >= 11 is 1.29. The second-order valence-electron chi connectivity index (χ2n) is 6.54. The maximum absolute atomic E-state index is 12.9. The van der Waals surface area contributed by atoms with Gasteiger partial charge in [-0.25, -0.2) is 4.98 Å². The second kappa shape index (κ2) is 8.76. The van der Waals surface area contributed by atoms with Crippen LogP contribution < -0.4 is 0 Å². The van der Waals surface area contributed by atoms with Gasteiger partial charge in [-0.05, 0) is 30.7 Å². The van der Waals surface area contributed by atoms with Gasteiger partial charge in [0.2, 0.25) is 16.9 Å². The number of alkyl halides is 3. The van der Waals surface area contributed by atoms with Crippen LogP contribution in [0.4, 0.5) is 13.2 Å². The number of hydrogen-bond donors (Lipinski definition) is 1. The molecule has 4 rings (SSSR count). The molecule has 1 unspecified atom stereocenters. The minimum atomic E-state index is -4.44. The molecule has 2 heterocycles. The number of rotatable bonds is 6. The van der Waals surface area contributed by atoms with Crippen molar-refractivity contribution in [3.05, 3.63) is 77.4 Å². The Balaban J connectivity index is 1.44. The van der Waals surface area contributed by atoms with Crippen LogP contribution in [0.2, 0.25) is 0 Å². The number of H-pyrrole nitrogens is 1. The number of nitrogens with one attached hydrogen (secondary N) is 1. The van der Waals surface area contributed by atoms with E-state index in [1.807, 2.05) is 49.4 Å². The summed E-state index contributed by atoms with van der Waals surface area (Å²) in [6.07, 6.45) is -0.711. The molecule has 0 saturated carbocycles. The highest BCUT2D eigenvalue weighted by Gasteiger charge is 2.31. The van der Waals surface area contributed by atoms with Crippen LogP contribution >= 0.6 is 11.8 Å². The molecule has 0 aliphatic heterocycles. The summed E-state index contributed by atoms with van der Waals surface area (Å²) in [4.78, 5) is 8.63. The van der Waals surface area contributed by atoms with Crippen molar-refractivity contribution in [1.82, 2.24) is 25.3 Å². The molecule has 0 fully saturated rings. The SMILES string of the molecule is CC(Sc1n[nH]c(/C=C/c2ccccc2)n1)c1nc(-c2cccc(C(F)(F)F)c2)no1. The highest BCUT2D eigenvalue weighted by molar-refractivity contribution is 7.99. The predicted octanol–water partition coefficient (Wildman–Crippen LogP) is 5.90. The van der Waals surface area contributed by atoms with Gasteiger partial charge in [-0.3, -0.25) is 5.10 Å². The van der Waals surface area contributed by atoms with E-state index in [2.05, 4.69) is 25.3 Å². The first-order valence-corrected chi connectivity index (χ1v) is 10.1. The number of halogens is 3. The average molecular weight is 443 g/mol. The highest BCUT2D eigenvalue weighted by atomic mass is 32.2. The number of thioether (sulfide) groups is 1. The zero-order valence-corrected chi connectivity index (χ0v) is 17.0. The maximum Gasteiger partial charge on any atom is 0.416 e. The summed E-state index contributed by atoms with van der Waals surface area (Å²) in [5.74, 6) is 0.951. The third kappa shape index (κ3) is 5.21. The third-order valence-electron chi connectivity index (χ3n) is 4.24. The molecule has 1 atom stereocenters. The van der Waals surface area contributed by atoms with Gasteiger partial charge in [-0.2, -0.15) is 18.2 Å². The molecule has 0 amide bonds. The smallest absolute Gasteiger partial charge is 0.338 e. The number of benzene rings is 2. The molecule has 0 radical (unpaired) electrons. The lowest BCUT2D eigenvalue weighted by atomic mass is 10.1. The molecule has 31 heavy (non-hydrogen) atoms. The van der Waals surface area contributed by atoms with E-state index >= 15 is 0 Å². The molecule has 0 saturated heterocycles. The summed E-state index contributed by atoms with van der Waals surface area (Å²) in [7, 11) is 0. The molecule has 10 heteroatoms. The van der Waals surface area contributed by atoms with Gasteiger partial charge in [0, 0.05) is 5.56 Å². The van der Waals surface area contributed by atoms with E-state index in [0.717, 1.165) is 17.7 Å². The Morgan fingerprint density at radius 3 is 2.61 bits per heavy atom. The molecule has 2 aromatic carbocycles. The summed E-state index contributed by atoms with van der Waals surface area (Å²) < 4.78 is 44.0. The molecule has 0 aliphatic rings. The van der Waals surface area contributed by atoms with Gasteiger partial charge >= 0.3 is 6.18 Å². The van der Waals surface area contributed by atoms with Gasteiger partial charge in [0.1, 0.15) is 5.82 Å². The number of nitrogens with zero attached hydrogens (tertiary/aromatic N) is 4. The van der Waals surface area contributed by atoms with Crippen molar-refractivity contribution in [3.8, 4) is 11.4 Å². The zero-order chi connectivity index (χ0) is 21.8. The average Bonchev–Trinajstić information content (AvgIpc) is 3.42. The van der Waals surface area contributed by atoms with Gasteiger partial charge in [0.15, 0.2) is 0 Å². The first-order chi connectivity index (χ1) is 14.9. The molecule has 2 aromatic heterocycles. The fourth-order valence-corrected chi connectivity index (χ4v) is 3.45. The molecular formula is C21H16F3N5OS. The highest BCUT2D eigenvalue weighted by Crippen LogP contribution is 2.34. The Kier molecular flexibility index (Phi) is 5.90. The van der Waals surface area contributed by atoms with Gasteiger partial charge in [0.05, 0.1) is 10.8 Å². The quantitative estimate of drug-likeness (QED) is 0.374. The van der Waals surface area contributed by atoms with Crippen LogP contribution in [0.5, 0.6) is 0 Å². The Bertz CT molecular complexity index is 1190. The lowest BCUT2D eigenvalue weighted by Crippen LogP contribution is -2.04. The van der Waals surface area contributed by atoms with Crippen molar-refractivity contribution < 1.29 is 17.7 Å². The van der Waals surface area contributed by atoms with E-state index in [0.29, 0.717) is 11.0 Å². The summed E-state index contributed by atoms with van der Waals surface area (Å²) in [5, 5.41) is 11.0. The van der Waals surface area contributed by atoms with Crippen molar-refractivity contribution in [2.75, 3.05) is 0 Å². The van der Waals surface area contributed by atoms with E-state index in [-0.39, 0.29) is 22.5 Å². The van der Waals surface area contributed by atoms with Crippen molar-refractivity contribution in [1.29, 1.82) is 0 Å². The molecule has 158 valence electrons. The minimum absolute atomic E-state index is 0.0926. The van der Waals surface area contributed by atoms with Gasteiger partial charge in [-0.1, -0.05) is 65.5 Å². The minimum Gasteiger partial charge on any atom is -0.338 e. The molecule has 0 bridgehead atoms. The number of hydrogen-bond acceptors (Lipinski definition) is 6. The van der Waals surface area contributed by atoms with Crippen LogP contribution in [0, 0.1) is 0 Å². The number of aromatic amines is 1. The van der Waals surface area contributed by atoms with E-state index in [1.165, 1.54) is 23.9 Å². The van der Waals surface area contributed by atoms with E-state index in [4.69, 9.17) is 4.52 Å². The summed E-state index contributed by atoms with van der Waals surface area (Å²) in [6, 6.07) is 14.6. The first kappa shape index (κ1) is 20.9. The van der Waals surface area contributed by atoms with Gasteiger partial charge < -0.3 is 4.52 Å². The van der Waals surface area contributed by atoms with Gasteiger partial charge in [-0.15, -0.1) is 5.10 Å². The van der Waals surface area contributed by atoms with Crippen LogP contribution in [-0.2, 0) is 6.18 Å². The molecule has 4 aromatic rings. The first-order valence-electron chi connectivity index (χ1n) is 9.22. The molecular weight excluding hydrogens is 427 g/mol. The van der Waals surface area contributed by atoms with Crippen LogP contribution in [0.1, 0.15) is 35.0 Å². The van der Waals surface area contributed by atoms with Crippen molar-refractivity contribution >= 4 is 23.9 Å². The van der Waals surface area contributed by atoms with Crippen molar-refractivity contribution in [2.45, 2.75) is 23.5 Å². The Morgan fingerprint density at radius 1 is 1.03 bits per heavy atom. The lowest BCUT2D eigenvalue weighted by molar-refractivity contribution is -0.137. The fourth-order valence-electron chi connectivity index (χ4n) is 2.69. The molecule has 1 N–H and O–H groups in total. The van der Waals surface area contributed by atoms with Crippen molar-refractivity contribution in [3.63, 3.8) is 0 Å². The van der Waals surface area contributed by atoms with Crippen LogP contribution in [0.3, 0.4) is 0 Å². The van der Waals surface area contributed by atoms with Gasteiger partial charge in [0.25, 0.3) is 0 Å². The maximum atomic E-state index is 12.9. The zero-order valence-electron chi connectivity index (χ0n) is 16.2. The van der Waals surface area contributed by atoms with E-state index < -0.39 is 11.7 Å². The second-order valence-corrected chi connectivity index (χ2v) is 7.85. The molecule has 6 nitrogen and oxygen atoms in total. The topological polar surface area (TPSA) is 80.5 Å². The van der Waals surface area contributed by atoms with Crippen LogP contribution in [0.25, 0.3) is 23.5 Å². The molecule has 0 aliphatic carbocycles. The standard InChI is InChI=1S/C21H16F3N5OS/c1-13(31-20-25-17(27-28-20)11-10-14-6-3-2-4-7-14)19-26-18(29-30-19)15-8-5-9-16(12-15)21(22,23)24/h2-13H,1H3,(H,25,27,28)/b11-10+. The Morgan fingerprint density at radius 2 is 1.84 bits per heavy atom. The summed E-state index contributed by atoms with van der Waals surface area (Å²) in [5.41, 5.74) is 0.498. The largest absolute Gasteiger partial charge is 0.416 e. The number of aromatic nitrogens is 5. The Labute approximate surface area is 179 Å². The summed E-state index contributed by atoms with van der Waals surface area (Å²) in [6.45, 7) is 1.82. The third-order valence-corrected chi connectivity index (χ3v) is 5.18. The van der Waals surface area contributed by atoms with Crippen LogP contribution in [0.15, 0.2) is 64.3 Å². The van der Waals surface area contributed by atoms with E-state index in [9.17, 15) is 13.2 Å². The lowest BCUT2D eigenvalue weighted by Gasteiger charge is -2.06. The normalized spacial score (nSPS) is 13.0. The molecule has 0 spiro atoms. The van der Waals surface area contributed by atoms with E-state index in [1.54, 1.807) is 0 Å².